The van der Waals surface area contributed by atoms with Gasteiger partial charge < -0.3 is 15.8 Å². The number of alkyl halides is 1. The normalized spacial score (nSPS) is 13.9. The van der Waals surface area contributed by atoms with Gasteiger partial charge >= 0.3 is 0 Å². The molecule has 1 heterocycles. The van der Waals surface area contributed by atoms with E-state index in [1.165, 1.54) is 0 Å². The number of aryl methyl sites for hydroxylation is 1. The monoisotopic (exact) mass is 280 g/mol. The van der Waals surface area contributed by atoms with E-state index in [1.807, 2.05) is 18.2 Å². The first-order valence-corrected chi connectivity index (χ1v) is 6.67. The molecule has 1 unspecified atom stereocenters. The highest BCUT2D eigenvalue weighted by molar-refractivity contribution is 6.28. The highest BCUT2D eigenvalue weighted by atomic mass is 35.5. The zero-order valence-corrected chi connectivity index (χ0v) is 11.5. The van der Waals surface area contributed by atoms with Crippen molar-refractivity contribution < 1.29 is 5.11 Å². The second-order valence-corrected chi connectivity index (χ2v) is 4.78. The van der Waals surface area contributed by atoms with Crippen LogP contribution in [0.5, 0.6) is 0 Å². The first kappa shape index (κ1) is 13.8. The Kier molecular flexibility index (Phi) is 4.39. The van der Waals surface area contributed by atoms with E-state index in [9.17, 15) is 5.11 Å². The molecule has 0 saturated heterocycles. The van der Waals surface area contributed by atoms with Crippen LogP contribution in [-0.4, -0.2) is 32.9 Å². The molecule has 6 heteroatoms. The zero-order valence-electron chi connectivity index (χ0n) is 10.7. The minimum atomic E-state index is -0.322. The van der Waals surface area contributed by atoms with Gasteiger partial charge in [-0.05, 0) is 31.5 Å². The van der Waals surface area contributed by atoms with Crippen molar-refractivity contribution in [2.75, 3.05) is 5.88 Å². The molecular weight excluding hydrogens is 264 g/mol. The number of nitrogens with zero attached hydrogens (tertiary/aromatic N) is 2. The van der Waals surface area contributed by atoms with Crippen molar-refractivity contribution in [3.05, 3.63) is 24.0 Å². The van der Waals surface area contributed by atoms with Crippen LogP contribution in [-0.2, 0) is 6.42 Å². The lowest BCUT2D eigenvalue weighted by Crippen LogP contribution is -2.12. The standard InChI is InChI=1S/C13H17ClN4O/c1-8(19)2-5-13-17-10-4-3-9(6-11(10)18-13)16-12(15)7-14/h3-4,6,8,19H,2,5,7H2,1H3,(H2,15,16)(H,17,18). The third-order valence-electron chi connectivity index (χ3n) is 2.72. The Morgan fingerprint density at radius 2 is 2.37 bits per heavy atom. The summed E-state index contributed by atoms with van der Waals surface area (Å²) in [5.41, 5.74) is 8.13. The van der Waals surface area contributed by atoms with E-state index in [1.54, 1.807) is 6.92 Å². The SMILES string of the molecule is CC(O)CCc1nc2ccc(N=C(N)CCl)cc2[nH]1. The first-order chi connectivity index (χ1) is 9.08. The van der Waals surface area contributed by atoms with Crippen molar-refractivity contribution in [3.8, 4) is 0 Å². The highest BCUT2D eigenvalue weighted by Gasteiger charge is 2.05. The Hall–Kier alpha value is -1.59. The number of H-pyrrole nitrogens is 1. The summed E-state index contributed by atoms with van der Waals surface area (Å²) in [7, 11) is 0. The number of hydrogen-bond acceptors (Lipinski definition) is 3. The number of fused-ring (bicyclic) bond motifs is 1. The molecule has 102 valence electrons. The summed E-state index contributed by atoms with van der Waals surface area (Å²) in [6.07, 6.45) is 1.08. The smallest absolute Gasteiger partial charge is 0.115 e. The van der Waals surface area contributed by atoms with Gasteiger partial charge in [-0.2, -0.15) is 0 Å². The average molecular weight is 281 g/mol. The van der Waals surface area contributed by atoms with Gasteiger partial charge in [0, 0.05) is 6.42 Å². The van der Waals surface area contributed by atoms with Gasteiger partial charge in [-0.25, -0.2) is 9.98 Å². The number of aliphatic hydroxyl groups is 1. The van der Waals surface area contributed by atoms with E-state index in [0.29, 0.717) is 12.3 Å². The molecule has 2 aromatic rings. The van der Waals surface area contributed by atoms with Crippen molar-refractivity contribution in [3.63, 3.8) is 0 Å². The summed E-state index contributed by atoms with van der Waals surface area (Å²) < 4.78 is 0. The molecule has 4 N–H and O–H groups in total. The first-order valence-electron chi connectivity index (χ1n) is 6.14. The lowest BCUT2D eigenvalue weighted by molar-refractivity contribution is 0.184. The number of rotatable bonds is 5. The molecule has 2 rings (SSSR count). The quantitative estimate of drug-likeness (QED) is 0.445. The molecule has 1 aromatic carbocycles. The number of aromatic amines is 1. The van der Waals surface area contributed by atoms with E-state index < -0.39 is 0 Å². The van der Waals surface area contributed by atoms with Gasteiger partial charge in [0.05, 0.1) is 28.7 Å². The van der Waals surface area contributed by atoms with E-state index >= 15 is 0 Å². The van der Waals surface area contributed by atoms with Crippen LogP contribution in [0.25, 0.3) is 11.0 Å². The van der Waals surface area contributed by atoms with Crippen LogP contribution in [0.15, 0.2) is 23.2 Å². The van der Waals surface area contributed by atoms with Crippen LogP contribution < -0.4 is 5.73 Å². The van der Waals surface area contributed by atoms with E-state index in [0.717, 1.165) is 29.0 Å². The number of amidine groups is 1. The summed E-state index contributed by atoms with van der Waals surface area (Å²) in [4.78, 5) is 11.9. The third-order valence-corrected chi connectivity index (χ3v) is 3.00. The number of benzene rings is 1. The fourth-order valence-corrected chi connectivity index (χ4v) is 1.84. The number of halogens is 1. The van der Waals surface area contributed by atoms with Crippen LogP contribution in [0.1, 0.15) is 19.2 Å². The maximum absolute atomic E-state index is 9.27. The predicted molar refractivity (Wildman–Crippen MR) is 78.1 cm³/mol. The number of aliphatic hydroxyl groups excluding tert-OH is 1. The Bertz CT molecular complexity index is 591. The summed E-state index contributed by atoms with van der Waals surface area (Å²) in [5.74, 6) is 1.46. The van der Waals surface area contributed by atoms with Gasteiger partial charge in [0.25, 0.3) is 0 Å². The molecule has 0 bridgehead atoms. The number of aliphatic imine (C=N–C) groups is 1. The van der Waals surface area contributed by atoms with E-state index in [-0.39, 0.29) is 12.0 Å². The number of imidazole rings is 1. The minimum Gasteiger partial charge on any atom is -0.393 e. The second-order valence-electron chi connectivity index (χ2n) is 4.51. The molecule has 0 saturated carbocycles. The molecule has 1 aromatic heterocycles. The van der Waals surface area contributed by atoms with Crippen LogP contribution >= 0.6 is 11.6 Å². The predicted octanol–water partition coefficient (Wildman–Crippen LogP) is 2.10. The van der Waals surface area contributed by atoms with Crippen LogP contribution in [0.4, 0.5) is 5.69 Å². The van der Waals surface area contributed by atoms with Gasteiger partial charge in [-0.3, -0.25) is 0 Å². The molecule has 0 radical (unpaired) electrons. The maximum Gasteiger partial charge on any atom is 0.115 e. The highest BCUT2D eigenvalue weighted by Crippen LogP contribution is 2.20. The van der Waals surface area contributed by atoms with E-state index in [4.69, 9.17) is 17.3 Å². The zero-order chi connectivity index (χ0) is 13.8. The molecule has 0 fully saturated rings. The molecule has 19 heavy (non-hydrogen) atoms. The molecule has 0 aliphatic heterocycles. The molecule has 5 nitrogen and oxygen atoms in total. The number of aromatic nitrogens is 2. The molecule has 0 spiro atoms. The fraction of sp³-hybridized carbons (Fsp3) is 0.385. The van der Waals surface area contributed by atoms with Crippen molar-refractivity contribution in [1.82, 2.24) is 9.97 Å². The molecule has 0 aliphatic rings. The minimum absolute atomic E-state index is 0.209. The van der Waals surface area contributed by atoms with Crippen molar-refractivity contribution in [1.29, 1.82) is 0 Å². The summed E-state index contributed by atoms with van der Waals surface area (Å²) >= 11 is 5.60. The van der Waals surface area contributed by atoms with Crippen molar-refractivity contribution >= 4 is 34.2 Å². The van der Waals surface area contributed by atoms with Gasteiger partial charge in [0.2, 0.25) is 0 Å². The van der Waals surface area contributed by atoms with Gasteiger partial charge in [-0.1, -0.05) is 0 Å². The van der Waals surface area contributed by atoms with Crippen LogP contribution in [0, 0.1) is 0 Å². The molecule has 0 aliphatic carbocycles. The Morgan fingerprint density at radius 3 is 3.05 bits per heavy atom. The second kappa shape index (κ2) is 6.04. The lowest BCUT2D eigenvalue weighted by Gasteiger charge is -1.99. The van der Waals surface area contributed by atoms with E-state index in [2.05, 4.69) is 15.0 Å². The largest absolute Gasteiger partial charge is 0.393 e. The van der Waals surface area contributed by atoms with Crippen molar-refractivity contribution in [2.45, 2.75) is 25.9 Å². The van der Waals surface area contributed by atoms with Crippen LogP contribution in [0.3, 0.4) is 0 Å². The number of hydrogen-bond donors (Lipinski definition) is 3. The third kappa shape index (κ3) is 3.68. The van der Waals surface area contributed by atoms with Gasteiger partial charge in [0.15, 0.2) is 0 Å². The van der Waals surface area contributed by atoms with Gasteiger partial charge in [0.1, 0.15) is 11.7 Å². The lowest BCUT2D eigenvalue weighted by atomic mass is 10.2. The number of nitrogens with two attached hydrogens (primary N) is 1. The topological polar surface area (TPSA) is 87.3 Å². The molecular formula is C13H17ClN4O. The van der Waals surface area contributed by atoms with Crippen LogP contribution in [0.2, 0.25) is 0 Å². The average Bonchev–Trinajstić information content (AvgIpc) is 2.78. The molecule has 0 amide bonds. The Labute approximate surface area is 116 Å². The number of nitrogens with one attached hydrogen (secondary N) is 1. The van der Waals surface area contributed by atoms with Gasteiger partial charge in [-0.15, -0.1) is 11.6 Å². The molecule has 1 atom stereocenters. The summed E-state index contributed by atoms with van der Waals surface area (Å²) in [6.45, 7) is 1.77. The Morgan fingerprint density at radius 1 is 1.58 bits per heavy atom. The Balaban J connectivity index is 2.23. The van der Waals surface area contributed by atoms with Crippen molar-refractivity contribution in [2.24, 2.45) is 10.7 Å². The fourth-order valence-electron chi connectivity index (χ4n) is 1.78. The summed E-state index contributed by atoms with van der Waals surface area (Å²) in [6, 6.07) is 5.62. The maximum atomic E-state index is 9.27. The summed E-state index contributed by atoms with van der Waals surface area (Å²) in [5, 5.41) is 9.27.